The highest BCUT2D eigenvalue weighted by Gasteiger charge is 2.06. The third-order valence-corrected chi connectivity index (χ3v) is 3.47. The molecule has 2 aromatic rings. The number of aromatic nitrogens is 2. The molecule has 0 aliphatic heterocycles. The lowest BCUT2D eigenvalue weighted by molar-refractivity contribution is 0.746. The van der Waals surface area contributed by atoms with E-state index in [1.165, 1.54) is 5.56 Å². The summed E-state index contributed by atoms with van der Waals surface area (Å²) in [7, 11) is 1.93. The van der Waals surface area contributed by atoms with Gasteiger partial charge >= 0.3 is 0 Å². The highest BCUT2D eigenvalue weighted by atomic mass is 35.5. The fourth-order valence-electron chi connectivity index (χ4n) is 1.83. The van der Waals surface area contributed by atoms with Crippen LogP contribution in [-0.2, 0) is 20.0 Å². The number of aryl methyl sites for hydroxylation is 2. The summed E-state index contributed by atoms with van der Waals surface area (Å²) in [6, 6.07) is 5.53. The van der Waals surface area contributed by atoms with Gasteiger partial charge in [0.05, 0.1) is 15.7 Å². The largest absolute Gasteiger partial charge is 0.381 e. The normalized spacial score (nSPS) is 10.7. The first-order valence-electron chi connectivity index (χ1n) is 5.80. The molecule has 0 amide bonds. The summed E-state index contributed by atoms with van der Waals surface area (Å²) in [5, 5.41) is 8.85. The molecule has 1 N–H and O–H groups in total. The molecular weight excluding hydrogens is 269 g/mol. The quantitative estimate of drug-likeness (QED) is 0.922. The zero-order chi connectivity index (χ0) is 13.1. The van der Waals surface area contributed by atoms with Gasteiger partial charge in [-0.1, -0.05) is 30.1 Å². The van der Waals surface area contributed by atoms with Gasteiger partial charge in [0.25, 0.3) is 0 Å². The summed E-state index contributed by atoms with van der Waals surface area (Å²) < 4.78 is 1.84. The molecule has 2 rings (SSSR count). The molecule has 1 aromatic heterocycles. The molecule has 0 aliphatic rings. The Morgan fingerprint density at radius 1 is 1.28 bits per heavy atom. The molecule has 1 heterocycles. The molecule has 0 saturated heterocycles. The highest BCUT2D eigenvalue weighted by Crippen LogP contribution is 2.25. The van der Waals surface area contributed by atoms with Gasteiger partial charge in [-0.3, -0.25) is 4.68 Å². The average molecular weight is 284 g/mol. The van der Waals surface area contributed by atoms with Crippen molar-refractivity contribution in [2.24, 2.45) is 7.05 Å². The van der Waals surface area contributed by atoms with Crippen molar-refractivity contribution in [1.29, 1.82) is 0 Å². The number of nitrogens with zero attached hydrogens (tertiary/aromatic N) is 2. The van der Waals surface area contributed by atoms with Crippen LogP contribution in [0.4, 0.5) is 5.69 Å². The van der Waals surface area contributed by atoms with Crippen LogP contribution in [0.2, 0.25) is 10.0 Å². The standard InChI is InChI=1S/C13H15Cl2N3/c1-3-13-9(8-18(2)17-13)7-16-10-4-5-11(14)12(15)6-10/h4-6,8,16H,3,7H2,1-2H3. The smallest absolute Gasteiger partial charge is 0.0671 e. The molecule has 0 unspecified atom stereocenters. The predicted molar refractivity (Wildman–Crippen MR) is 76.4 cm³/mol. The Hall–Kier alpha value is -1.19. The van der Waals surface area contributed by atoms with E-state index in [1.54, 1.807) is 6.07 Å². The third-order valence-electron chi connectivity index (χ3n) is 2.73. The highest BCUT2D eigenvalue weighted by molar-refractivity contribution is 6.42. The Labute approximate surface area is 117 Å². The van der Waals surface area contributed by atoms with Gasteiger partial charge in [-0.15, -0.1) is 0 Å². The first kappa shape index (κ1) is 13.2. The third kappa shape index (κ3) is 2.98. The van der Waals surface area contributed by atoms with E-state index in [0.29, 0.717) is 10.0 Å². The molecule has 0 fully saturated rings. The molecule has 0 bridgehead atoms. The maximum Gasteiger partial charge on any atom is 0.0671 e. The maximum atomic E-state index is 5.97. The van der Waals surface area contributed by atoms with E-state index in [4.69, 9.17) is 23.2 Å². The average Bonchev–Trinajstić information content (AvgIpc) is 2.71. The lowest BCUT2D eigenvalue weighted by atomic mass is 10.2. The summed E-state index contributed by atoms with van der Waals surface area (Å²) >= 11 is 11.8. The van der Waals surface area contributed by atoms with E-state index < -0.39 is 0 Å². The van der Waals surface area contributed by atoms with Crippen molar-refractivity contribution in [1.82, 2.24) is 9.78 Å². The predicted octanol–water partition coefficient (Wildman–Crippen LogP) is 3.90. The van der Waals surface area contributed by atoms with Gasteiger partial charge in [-0.2, -0.15) is 5.10 Å². The van der Waals surface area contributed by atoms with Crippen LogP contribution in [0, 0.1) is 0 Å². The van der Waals surface area contributed by atoms with Gasteiger partial charge in [0.2, 0.25) is 0 Å². The SMILES string of the molecule is CCc1nn(C)cc1CNc1ccc(Cl)c(Cl)c1. The summed E-state index contributed by atoms with van der Waals surface area (Å²) in [6.07, 6.45) is 2.96. The molecule has 18 heavy (non-hydrogen) atoms. The van der Waals surface area contributed by atoms with Crippen molar-refractivity contribution in [3.63, 3.8) is 0 Å². The topological polar surface area (TPSA) is 29.9 Å². The van der Waals surface area contributed by atoms with Gasteiger partial charge in [-0.25, -0.2) is 0 Å². The van der Waals surface area contributed by atoms with E-state index in [9.17, 15) is 0 Å². The number of hydrogen-bond donors (Lipinski definition) is 1. The van der Waals surface area contributed by atoms with Crippen LogP contribution >= 0.6 is 23.2 Å². The minimum absolute atomic E-state index is 0.559. The fraction of sp³-hybridized carbons (Fsp3) is 0.308. The van der Waals surface area contributed by atoms with Gasteiger partial charge in [0, 0.05) is 31.0 Å². The van der Waals surface area contributed by atoms with Crippen molar-refractivity contribution in [3.8, 4) is 0 Å². The zero-order valence-electron chi connectivity index (χ0n) is 10.4. The summed E-state index contributed by atoms with van der Waals surface area (Å²) in [6.45, 7) is 2.83. The second-order valence-corrected chi connectivity index (χ2v) is 4.93. The number of rotatable bonds is 4. The summed E-state index contributed by atoms with van der Waals surface area (Å²) in [4.78, 5) is 0. The van der Waals surface area contributed by atoms with Crippen LogP contribution in [0.25, 0.3) is 0 Å². The van der Waals surface area contributed by atoms with Crippen LogP contribution in [0.3, 0.4) is 0 Å². The summed E-state index contributed by atoms with van der Waals surface area (Å²) in [5.74, 6) is 0. The molecule has 3 nitrogen and oxygen atoms in total. The number of nitrogens with one attached hydrogen (secondary N) is 1. The molecule has 0 aliphatic carbocycles. The number of halogens is 2. The van der Waals surface area contributed by atoms with Crippen LogP contribution in [-0.4, -0.2) is 9.78 Å². The van der Waals surface area contributed by atoms with Crippen molar-refractivity contribution < 1.29 is 0 Å². The molecule has 5 heteroatoms. The first-order chi connectivity index (χ1) is 8.60. The van der Waals surface area contributed by atoms with Gasteiger partial charge in [0.1, 0.15) is 0 Å². The number of benzene rings is 1. The van der Waals surface area contributed by atoms with E-state index in [-0.39, 0.29) is 0 Å². The van der Waals surface area contributed by atoms with Crippen molar-refractivity contribution in [2.45, 2.75) is 19.9 Å². The fourth-order valence-corrected chi connectivity index (χ4v) is 2.13. The van der Waals surface area contributed by atoms with Crippen LogP contribution in [0.1, 0.15) is 18.2 Å². The van der Waals surface area contributed by atoms with Crippen LogP contribution in [0.5, 0.6) is 0 Å². The van der Waals surface area contributed by atoms with Gasteiger partial charge in [0.15, 0.2) is 0 Å². The number of hydrogen-bond acceptors (Lipinski definition) is 2. The van der Waals surface area contributed by atoms with Crippen LogP contribution in [0.15, 0.2) is 24.4 Å². The lowest BCUT2D eigenvalue weighted by Gasteiger charge is -2.07. The second kappa shape index (κ2) is 5.63. The van der Waals surface area contributed by atoms with E-state index >= 15 is 0 Å². The Morgan fingerprint density at radius 2 is 2.06 bits per heavy atom. The van der Waals surface area contributed by atoms with Crippen molar-refractivity contribution in [2.75, 3.05) is 5.32 Å². The Morgan fingerprint density at radius 3 is 2.72 bits per heavy atom. The first-order valence-corrected chi connectivity index (χ1v) is 6.56. The Balaban J connectivity index is 2.08. The molecule has 0 atom stereocenters. The molecule has 0 radical (unpaired) electrons. The number of anilines is 1. The minimum Gasteiger partial charge on any atom is -0.381 e. The molecule has 0 saturated carbocycles. The van der Waals surface area contributed by atoms with Crippen molar-refractivity contribution >= 4 is 28.9 Å². The second-order valence-electron chi connectivity index (χ2n) is 4.11. The summed E-state index contributed by atoms with van der Waals surface area (Å²) in [5.41, 5.74) is 3.27. The molecule has 0 spiro atoms. The van der Waals surface area contributed by atoms with E-state index in [1.807, 2.05) is 30.1 Å². The van der Waals surface area contributed by atoms with E-state index in [0.717, 1.165) is 24.3 Å². The zero-order valence-corrected chi connectivity index (χ0v) is 11.9. The minimum atomic E-state index is 0.559. The molecular formula is C13H15Cl2N3. The van der Waals surface area contributed by atoms with E-state index in [2.05, 4.69) is 17.3 Å². The van der Waals surface area contributed by atoms with Gasteiger partial charge in [-0.05, 0) is 24.6 Å². The van der Waals surface area contributed by atoms with Crippen LogP contribution < -0.4 is 5.32 Å². The monoisotopic (exact) mass is 283 g/mol. The maximum absolute atomic E-state index is 5.97. The molecule has 96 valence electrons. The Kier molecular flexibility index (Phi) is 4.15. The Bertz CT molecular complexity index is 549. The molecule has 1 aromatic carbocycles. The lowest BCUT2D eigenvalue weighted by Crippen LogP contribution is -2.00. The van der Waals surface area contributed by atoms with Crippen molar-refractivity contribution in [3.05, 3.63) is 45.7 Å². The van der Waals surface area contributed by atoms with Gasteiger partial charge < -0.3 is 5.32 Å².